The van der Waals surface area contributed by atoms with Crippen LogP contribution in [0.4, 0.5) is 22.7 Å². The summed E-state index contributed by atoms with van der Waals surface area (Å²) in [4.78, 5) is 5.06. The van der Waals surface area contributed by atoms with E-state index >= 15 is 0 Å². The van der Waals surface area contributed by atoms with Gasteiger partial charge in [0.25, 0.3) is 0 Å². The van der Waals surface area contributed by atoms with Crippen LogP contribution in [0.5, 0.6) is 11.5 Å². The van der Waals surface area contributed by atoms with Crippen molar-refractivity contribution in [2.24, 2.45) is 0 Å². The van der Waals surface area contributed by atoms with Crippen LogP contribution in [0, 0.1) is 0 Å². The quantitative estimate of drug-likeness (QED) is 0.163. The molecule has 0 N–H and O–H groups in total. The van der Waals surface area contributed by atoms with Crippen molar-refractivity contribution in [3.63, 3.8) is 0 Å². The molecule has 9 rings (SSSR count). The maximum Gasteiger partial charge on any atom is 0.342 e. The van der Waals surface area contributed by atoms with Gasteiger partial charge in [-0.15, -0.1) is 0 Å². The number of anilines is 4. The Morgan fingerprint density at radius 3 is 1.21 bits per heavy atom. The van der Waals surface area contributed by atoms with Gasteiger partial charge in [0.15, 0.2) is 0 Å². The first-order valence-corrected chi connectivity index (χ1v) is 17.6. The average Bonchev–Trinajstić information content (AvgIpc) is 3.24. The second kappa shape index (κ2) is 9.33. The smallest absolute Gasteiger partial charge is 0.342 e. The predicted octanol–water partition coefficient (Wildman–Crippen LogP) is 8.95. The lowest BCUT2D eigenvalue weighted by molar-refractivity contribution is 0.484. The molecule has 3 heterocycles. The highest BCUT2D eigenvalue weighted by molar-refractivity contribution is 8.00. The minimum absolute atomic E-state index is 0.860. The van der Waals surface area contributed by atoms with Crippen LogP contribution < -0.4 is 24.2 Å². The number of para-hydroxylation sites is 6. The van der Waals surface area contributed by atoms with Crippen molar-refractivity contribution in [3.05, 3.63) is 146 Å². The van der Waals surface area contributed by atoms with Crippen LogP contribution in [0.3, 0.4) is 0 Å². The summed E-state index contributed by atoms with van der Waals surface area (Å²) < 4.78 is 12.2. The monoisotopic (exact) mass is 592 g/mol. The summed E-state index contributed by atoms with van der Waals surface area (Å²) in [6.07, 6.45) is 0. The molecule has 42 heavy (non-hydrogen) atoms. The minimum Gasteiger partial charge on any atom is -0.453 e. The second-order valence-electron chi connectivity index (χ2n) is 10.5. The molecular formula is C36H24N2OS2Si. The molecule has 3 aliphatic rings. The zero-order chi connectivity index (χ0) is 27.7. The molecule has 0 saturated carbocycles. The molecule has 1 spiro atoms. The Hall–Kier alpha value is -4.36. The van der Waals surface area contributed by atoms with Gasteiger partial charge in [0.2, 0.25) is 0 Å². The predicted molar refractivity (Wildman–Crippen MR) is 176 cm³/mol. The highest BCUT2D eigenvalue weighted by Crippen LogP contribution is 2.56. The summed E-state index contributed by atoms with van der Waals surface area (Å²) in [6.45, 7) is 0. The van der Waals surface area contributed by atoms with E-state index < -0.39 is 8.40 Å². The van der Waals surface area contributed by atoms with Gasteiger partial charge >= 0.3 is 8.40 Å². The van der Waals surface area contributed by atoms with Gasteiger partial charge in [-0.25, -0.2) is 0 Å². The zero-order valence-corrected chi connectivity index (χ0v) is 25.1. The van der Waals surface area contributed by atoms with Gasteiger partial charge in [0.05, 0.1) is 11.4 Å². The topological polar surface area (TPSA) is 15.7 Å². The fourth-order valence-electron chi connectivity index (χ4n) is 6.64. The number of hydrogen-bond donors (Lipinski definition) is 0. The molecule has 0 aromatic heterocycles. The molecule has 3 aliphatic heterocycles. The van der Waals surface area contributed by atoms with Gasteiger partial charge < -0.3 is 13.9 Å². The lowest BCUT2D eigenvalue weighted by Gasteiger charge is -2.52. The molecule has 3 nitrogen and oxygen atoms in total. The Bertz CT molecular complexity index is 1880. The Morgan fingerprint density at radius 1 is 0.381 bits per heavy atom. The van der Waals surface area contributed by atoms with Crippen molar-refractivity contribution in [2.45, 2.75) is 19.6 Å². The third-order valence-electron chi connectivity index (χ3n) is 8.26. The minimum atomic E-state index is -3.20. The third-order valence-corrected chi connectivity index (χ3v) is 15.5. The fourth-order valence-corrected chi connectivity index (χ4v) is 15.0. The molecule has 0 fully saturated rings. The first kappa shape index (κ1) is 24.3. The normalized spacial score (nSPS) is 15.2. The lowest BCUT2D eigenvalue weighted by atomic mass is 10.2. The van der Waals surface area contributed by atoms with Gasteiger partial charge in [-0.05, 0) is 60.7 Å². The number of benzene rings is 6. The van der Waals surface area contributed by atoms with Crippen molar-refractivity contribution in [1.29, 1.82) is 0 Å². The van der Waals surface area contributed by atoms with Crippen LogP contribution in [0.15, 0.2) is 165 Å². The van der Waals surface area contributed by atoms with E-state index in [2.05, 4.69) is 155 Å². The molecular weight excluding hydrogens is 569 g/mol. The standard InChI is InChI=1S/C36H24N2OS2Si/c1-5-17-29-25(13-1)37-27-15-3-7-19-31(27)40-33-21-9-11-23-35(33)42(37)36-24-12-10-22-34(36)41-32-20-8-4-16-28(32)38(42)26-14-2-6-18-30(26)39-29/h1-24H. The summed E-state index contributed by atoms with van der Waals surface area (Å²) in [6, 6.07) is 53.0. The molecule has 0 aliphatic carbocycles. The SMILES string of the molecule is c1ccc2c(c1)Oc1ccccc1N1c3ccccc3Sc3ccccc3[Si]13c1ccccc1Sc1ccccc1N23. The van der Waals surface area contributed by atoms with E-state index in [4.69, 9.17) is 4.74 Å². The Labute approximate surface area is 254 Å². The summed E-state index contributed by atoms with van der Waals surface area (Å²) in [7, 11) is -3.20. The van der Waals surface area contributed by atoms with Crippen LogP contribution in [-0.4, -0.2) is 8.40 Å². The van der Waals surface area contributed by atoms with Gasteiger partial charge in [0, 0.05) is 41.3 Å². The molecule has 0 amide bonds. The molecule has 6 heteroatoms. The molecule has 0 atom stereocenters. The number of nitrogens with zero attached hydrogens (tertiary/aromatic N) is 2. The van der Waals surface area contributed by atoms with Crippen LogP contribution >= 0.6 is 23.5 Å². The van der Waals surface area contributed by atoms with Crippen molar-refractivity contribution in [3.8, 4) is 11.5 Å². The van der Waals surface area contributed by atoms with E-state index in [1.807, 2.05) is 23.5 Å². The van der Waals surface area contributed by atoms with Crippen molar-refractivity contribution in [1.82, 2.24) is 0 Å². The Kier molecular flexibility index (Phi) is 5.39. The first-order chi connectivity index (χ1) is 20.8. The maximum absolute atomic E-state index is 6.89. The third kappa shape index (κ3) is 3.31. The van der Waals surface area contributed by atoms with E-state index in [0.29, 0.717) is 0 Å². The summed E-state index contributed by atoms with van der Waals surface area (Å²) in [5, 5.41) is 2.73. The first-order valence-electron chi connectivity index (χ1n) is 14.0. The summed E-state index contributed by atoms with van der Waals surface area (Å²) >= 11 is 3.74. The second-order valence-corrected chi connectivity index (χ2v) is 16.0. The summed E-state index contributed by atoms with van der Waals surface area (Å²) in [5.41, 5.74) is 4.55. The molecule has 0 saturated heterocycles. The highest BCUT2D eigenvalue weighted by atomic mass is 32.2. The van der Waals surface area contributed by atoms with E-state index in [-0.39, 0.29) is 0 Å². The largest absolute Gasteiger partial charge is 0.453 e. The molecule has 200 valence electrons. The van der Waals surface area contributed by atoms with Crippen molar-refractivity contribution < 1.29 is 4.74 Å². The van der Waals surface area contributed by atoms with Crippen LogP contribution in [0.1, 0.15) is 0 Å². The maximum atomic E-state index is 6.89. The van der Waals surface area contributed by atoms with Gasteiger partial charge in [-0.2, -0.15) is 0 Å². The van der Waals surface area contributed by atoms with E-state index in [1.165, 1.54) is 41.3 Å². The lowest BCUT2D eigenvalue weighted by Crippen LogP contribution is -2.78. The van der Waals surface area contributed by atoms with Gasteiger partial charge in [-0.3, -0.25) is 0 Å². The Balaban J connectivity index is 1.58. The molecule has 0 bridgehead atoms. The number of rotatable bonds is 0. The van der Waals surface area contributed by atoms with Gasteiger partial charge in [-0.1, -0.05) is 108 Å². The van der Waals surface area contributed by atoms with Crippen LogP contribution in [0.2, 0.25) is 0 Å². The highest BCUT2D eigenvalue weighted by Gasteiger charge is 2.58. The van der Waals surface area contributed by atoms with E-state index in [0.717, 1.165) is 22.9 Å². The molecule has 0 unspecified atom stereocenters. The zero-order valence-electron chi connectivity index (χ0n) is 22.5. The average molecular weight is 593 g/mol. The molecule has 0 radical (unpaired) electrons. The van der Waals surface area contributed by atoms with Gasteiger partial charge in [0.1, 0.15) is 11.5 Å². The number of hydrogen-bond acceptors (Lipinski definition) is 5. The van der Waals surface area contributed by atoms with Crippen LogP contribution in [-0.2, 0) is 0 Å². The molecule has 6 aromatic rings. The fraction of sp³-hybridized carbons (Fsp3) is 0. The molecule has 6 aromatic carbocycles. The number of ether oxygens (including phenoxy) is 1. The summed E-state index contributed by atoms with van der Waals surface area (Å²) in [5.74, 6) is 1.72. The number of fused-ring (bicyclic) bond motifs is 10. The van der Waals surface area contributed by atoms with Crippen molar-refractivity contribution in [2.75, 3.05) is 9.13 Å². The van der Waals surface area contributed by atoms with E-state index in [9.17, 15) is 0 Å². The Morgan fingerprint density at radius 2 is 0.738 bits per heavy atom. The van der Waals surface area contributed by atoms with E-state index in [1.54, 1.807) is 0 Å². The van der Waals surface area contributed by atoms with Crippen LogP contribution in [0.25, 0.3) is 0 Å². The van der Waals surface area contributed by atoms with Crippen molar-refractivity contribution >= 4 is 65.0 Å².